The first kappa shape index (κ1) is 12.3. The smallest absolute Gasteiger partial charge is 0.325 e. The Morgan fingerprint density at radius 3 is 2.76 bits per heavy atom. The molecule has 2 heterocycles. The van der Waals surface area contributed by atoms with Gasteiger partial charge in [0.1, 0.15) is 24.5 Å². The fourth-order valence-electron chi connectivity index (χ4n) is 1.84. The van der Waals surface area contributed by atoms with E-state index in [0.717, 1.165) is 4.90 Å². The summed E-state index contributed by atoms with van der Waals surface area (Å²) in [5.74, 6) is 0. The molecule has 2 amide bonds. The summed E-state index contributed by atoms with van der Waals surface area (Å²) >= 11 is 0. The number of hydrogen-bond donors (Lipinski definition) is 5. The second kappa shape index (κ2) is 4.59. The Morgan fingerprint density at radius 2 is 2.12 bits per heavy atom. The summed E-state index contributed by atoms with van der Waals surface area (Å²) in [5.41, 5.74) is 5.69. The van der Waals surface area contributed by atoms with Crippen molar-refractivity contribution in [2.45, 2.75) is 30.7 Å². The van der Waals surface area contributed by atoms with Crippen molar-refractivity contribution < 1.29 is 24.9 Å². The van der Waals surface area contributed by atoms with E-state index in [4.69, 9.17) is 10.5 Å². The molecule has 1 fully saturated rings. The van der Waals surface area contributed by atoms with Gasteiger partial charge in [0.15, 0.2) is 6.23 Å². The highest BCUT2D eigenvalue weighted by atomic mass is 16.5. The average molecular weight is 245 g/mol. The molecule has 5 atom stereocenters. The quantitative estimate of drug-likeness (QED) is 0.340. The van der Waals surface area contributed by atoms with Crippen molar-refractivity contribution in [2.75, 3.05) is 6.61 Å². The van der Waals surface area contributed by atoms with Crippen molar-refractivity contribution in [1.82, 2.24) is 10.2 Å². The number of hydrogen-bond acceptors (Lipinski definition) is 6. The van der Waals surface area contributed by atoms with Crippen LogP contribution in [0.15, 0.2) is 12.3 Å². The number of carbonyl (C=O) groups is 1. The monoisotopic (exact) mass is 245 g/mol. The molecule has 2 unspecified atom stereocenters. The lowest BCUT2D eigenvalue weighted by atomic mass is 10.0. The minimum Gasteiger partial charge on any atom is -0.388 e. The molecule has 0 aliphatic carbocycles. The van der Waals surface area contributed by atoms with Crippen molar-refractivity contribution in [3.63, 3.8) is 0 Å². The number of urea groups is 1. The van der Waals surface area contributed by atoms with Crippen LogP contribution in [0.25, 0.3) is 0 Å². The van der Waals surface area contributed by atoms with Gasteiger partial charge in [-0.25, -0.2) is 4.79 Å². The molecule has 6 N–H and O–H groups in total. The fraction of sp³-hybridized carbons (Fsp3) is 0.667. The number of nitrogens with zero attached hydrogens (tertiary/aromatic N) is 1. The van der Waals surface area contributed by atoms with Gasteiger partial charge >= 0.3 is 6.03 Å². The summed E-state index contributed by atoms with van der Waals surface area (Å²) in [6.07, 6.45) is -2.92. The van der Waals surface area contributed by atoms with Crippen molar-refractivity contribution in [3.05, 3.63) is 12.3 Å². The molecule has 1 saturated heterocycles. The second-order valence-electron chi connectivity index (χ2n) is 3.98. The highest BCUT2D eigenvalue weighted by molar-refractivity contribution is 5.77. The molecule has 8 heteroatoms. The number of aliphatic hydroxyl groups is 3. The summed E-state index contributed by atoms with van der Waals surface area (Å²) in [6, 6.07) is -0.535. The van der Waals surface area contributed by atoms with Crippen molar-refractivity contribution in [2.24, 2.45) is 5.73 Å². The molecule has 2 aliphatic rings. The lowest BCUT2D eigenvalue weighted by Gasteiger charge is -2.43. The van der Waals surface area contributed by atoms with Crippen molar-refractivity contribution >= 4 is 6.03 Å². The van der Waals surface area contributed by atoms with E-state index in [9.17, 15) is 20.1 Å². The Hall–Kier alpha value is -1.19. The maximum Gasteiger partial charge on any atom is 0.325 e. The molecule has 17 heavy (non-hydrogen) atoms. The Kier molecular flexibility index (Phi) is 3.31. The van der Waals surface area contributed by atoms with Gasteiger partial charge in [-0.05, 0) is 6.08 Å². The van der Waals surface area contributed by atoms with E-state index >= 15 is 0 Å². The summed E-state index contributed by atoms with van der Waals surface area (Å²) in [7, 11) is 0. The zero-order chi connectivity index (χ0) is 12.6. The van der Waals surface area contributed by atoms with E-state index in [0.29, 0.717) is 0 Å². The van der Waals surface area contributed by atoms with Crippen LogP contribution in [0.2, 0.25) is 0 Å². The lowest BCUT2D eigenvalue weighted by molar-refractivity contribution is -0.222. The summed E-state index contributed by atoms with van der Waals surface area (Å²) < 4.78 is 5.14. The summed E-state index contributed by atoms with van der Waals surface area (Å²) in [4.78, 5) is 12.7. The molecule has 0 aromatic carbocycles. The maximum absolute atomic E-state index is 11.6. The Morgan fingerprint density at radius 1 is 1.41 bits per heavy atom. The number of rotatable bonds is 1. The molecule has 0 spiro atoms. The number of nitrogens with two attached hydrogens (primary N) is 1. The Labute approximate surface area is 97.3 Å². The van der Waals surface area contributed by atoms with E-state index < -0.39 is 36.7 Å². The van der Waals surface area contributed by atoms with Crippen LogP contribution in [0.1, 0.15) is 0 Å². The second-order valence-corrected chi connectivity index (χ2v) is 3.98. The number of aliphatic hydroxyl groups excluding tert-OH is 3. The van der Waals surface area contributed by atoms with E-state index in [1.807, 2.05) is 0 Å². The van der Waals surface area contributed by atoms with Gasteiger partial charge in [-0.2, -0.15) is 0 Å². The van der Waals surface area contributed by atoms with E-state index in [1.165, 1.54) is 12.3 Å². The first-order valence-corrected chi connectivity index (χ1v) is 5.19. The van der Waals surface area contributed by atoms with E-state index in [2.05, 4.69) is 5.32 Å². The van der Waals surface area contributed by atoms with Crippen molar-refractivity contribution in [1.29, 1.82) is 0 Å². The van der Waals surface area contributed by atoms with Gasteiger partial charge in [-0.3, -0.25) is 4.90 Å². The zero-order valence-corrected chi connectivity index (χ0v) is 8.93. The molecular formula is C9H15N3O5. The van der Waals surface area contributed by atoms with Crippen LogP contribution >= 0.6 is 0 Å². The predicted octanol–water partition coefficient (Wildman–Crippen LogP) is -2.75. The first-order chi connectivity index (χ1) is 8.02. The Balaban J connectivity index is 2.16. The van der Waals surface area contributed by atoms with Crippen LogP contribution < -0.4 is 11.1 Å². The maximum atomic E-state index is 11.6. The molecule has 0 radical (unpaired) electrons. The summed E-state index contributed by atoms with van der Waals surface area (Å²) in [6.45, 7) is -0.177. The SMILES string of the molecule is NC1C=CNC(=O)N1C1OC[C@@H](O)[C@@H](O)[C@@H]1O. The minimum absolute atomic E-state index is 0.177. The fourth-order valence-corrected chi connectivity index (χ4v) is 1.84. The third-order valence-corrected chi connectivity index (χ3v) is 2.80. The summed E-state index contributed by atoms with van der Waals surface area (Å²) in [5, 5.41) is 31.0. The van der Waals surface area contributed by atoms with Crippen LogP contribution in [0.4, 0.5) is 4.79 Å². The van der Waals surface area contributed by atoms with Gasteiger partial charge < -0.3 is 31.1 Å². The highest BCUT2D eigenvalue weighted by Gasteiger charge is 2.44. The van der Waals surface area contributed by atoms with E-state index in [-0.39, 0.29) is 6.61 Å². The third-order valence-electron chi connectivity index (χ3n) is 2.80. The predicted molar refractivity (Wildman–Crippen MR) is 55.2 cm³/mol. The average Bonchev–Trinajstić information content (AvgIpc) is 2.29. The number of nitrogens with one attached hydrogen (secondary N) is 1. The molecule has 96 valence electrons. The van der Waals surface area contributed by atoms with Crippen LogP contribution in [0.5, 0.6) is 0 Å². The minimum atomic E-state index is -1.41. The number of amides is 2. The van der Waals surface area contributed by atoms with Crippen molar-refractivity contribution in [3.8, 4) is 0 Å². The Bertz CT molecular complexity index is 337. The zero-order valence-electron chi connectivity index (χ0n) is 8.93. The standard InChI is InChI=1S/C9H15N3O5/c10-5-1-2-11-9(16)12(5)8-7(15)6(14)4(13)3-17-8/h1-2,4-8,13-15H,3,10H2,(H,11,16)/t4-,5?,6-,7+,8?/m1/s1. The van der Waals surface area contributed by atoms with Crippen LogP contribution in [-0.2, 0) is 4.74 Å². The van der Waals surface area contributed by atoms with Crippen LogP contribution in [-0.4, -0.2) is 63.6 Å². The van der Waals surface area contributed by atoms with Gasteiger partial charge in [-0.1, -0.05) is 0 Å². The third kappa shape index (κ3) is 2.13. The molecule has 0 saturated carbocycles. The van der Waals surface area contributed by atoms with Gasteiger partial charge in [0, 0.05) is 6.20 Å². The molecule has 0 aromatic heterocycles. The number of carbonyl (C=O) groups excluding carboxylic acids is 1. The topological polar surface area (TPSA) is 128 Å². The molecule has 8 nitrogen and oxygen atoms in total. The van der Waals surface area contributed by atoms with Gasteiger partial charge in [0.25, 0.3) is 0 Å². The van der Waals surface area contributed by atoms with Crippen LogP contribution in [0.3, 0.4) is 0 Å². The molecular weight excluding hydrogens is 230 g/mol. The van der Waals surface area contributed by atoms with Gasteiger partial charge in [0.05, 0.1) is 6.61 Å². The largest absolute Gasteiger partial charge is 0.388 e. The molecule has 2 aliphatic heterocycles. The number of ether oxygens (including phenoxy) is 1. The normalized spacial score (nSPS) is 42.5. The first-order valence-electron chi connectivity index (χ1n) is 5.19. The van der Waals surface area contributed by atoms with Gasteiger partial charge in [-0.15, -0.1) is 0 Å². The molecule has 2 rings (SSSR count). The molecule has 0 aromatic rings. The van der Waals surface area contributed by atoms with E-state index in [1.54, 1.807) is 0 Å². The lowest BCUT2D eigenvalue weighted by Crippen LogP contribution is -2.65. The van der Waals surface area contributed by atoms with Gasteiger partial charge in [0.2, 0.25) is 0 Å². The molecule has 0 bridgehead atoms. The highest BCUT2D eigenvalue weighted by Crippen LogP contribution is 2.21. The van der Waals surface area contributed by atoms with Crippen LogP contribution in [0, 0.1) is 0 Å².